The molecular weight excluding hydrogens is 246 g/mol. The van der Waals surface area contributed by atoms with E-state index in [1.807, 2.05) is 6.07 Å². The van der Waals surface area contributed by atoms with Gasteiger partial charge in [-0.05, 0) is 34.7 Å². The average molecular weight is 267 g/mol. The van der Waals surface area contributed by atoms with E-state index in [0.717, 1.165) is 31.6 Å². The zero-order valence-electron chi connectivity index (χ0n) is 11.9. The summed E-state index contributed by atoms with van der Waals surface area (Å²) in [4.78, 5) is 0. The van der Waals surface area contributed by atoms with E-state index < -0.39 is 0 Å². The van der Waals surface area contributed by atoms with Gasteiger partial charge in [-0.1, -0.05) is 49.7 Å². The molecule has 2 heteroatoms. The Labute approximate surface area is 120 Å². The summed E-state index contributed by atoms with van der Waals surface area (Å²) in [5.41, 5.74) is 11.4. The Kier molecular flexibility index (Phi) is 3.75. The summed E-state index contributed by atoms with van der Waals surface area (Å²) in [5.74, 6) is 1.01. The number of aryl methyl sites for hydroxylation is 1. The number of hydrogen-bond acceptors (Lipinski definition) is 2. The van der Waals surface area contributed by atoms with Gasteiger partial charge in [-0.25, -0.2) is 0 Å². The van der Waals surface area contributed by atoms with Gasteiger partial charge in [-0.3, -0.25) is 0 Å². The highest BCUT2D eigenvalue weighted by molar-refractivity contribution is 5.43. The van der Waals surface area contributed by atoms with E-state index in [1.165, 1.54) is 22.3 Å². The Hall–Kier alpha value is -1.80. The van der Waals surface area contributed by atoms with Crippen LogP contribution in [0.3, 0.4) is 0 Å². The molecule has 0 saturated carbocycles. The zero-order valence-corrected chi connectivity index (χ0v) is 11.9. The van der Waals surface area contributed by atoms with Crippen LogP contribution in [0, 0.1) is 0 Å². The Bertz CT molecular complexity index is 606. The number of hydrogen-bond donors (Lipinski definition) is 1. The molecule has 0 radical (unpaired) electrons. The molecule has 2 N–H and O–H groups in total. The zero-order chi connectivity index (χ0) is 13.9. The Morgan fingerprint density at radius 3 is 2.85 bits per heavy atom. The van der Waals surface area contributed by atoms with Gasteiger partial charge in [-0.2, -0.15) is 0 Å². The van der Waals surface area contributed by atoms with Crippen molar-refractivity contribution >= 4 is 0 Å². The van der Waals surface area contributed by atoms with Crippen molar-refractivity contribution in [3.63, 3.8) is 0 Å². The van der Waals surface area contributed by atoms with E-state index in [2.05, 4.69) is 43.3 Å². The van der Waals surface area contributed by atoms with Crippen LogP contribution >= 0.6 is 0 Å². The third-order valence-corrected chi connectivity index (χ3v) is 3.92. The van der Waals surface area contributed by atoms with Gasteiger partial charge in [0.15, 0.2) is 0 Å². The van der Waals surface area contributed by atoms with Crippen LogP contribution in [0.1, 0.15) is 41.6 Å². The summed E-state index contributed by atoms with van der Waals surface area (Å²) in [6, 6.07) is 14.9. The monoisotopic (exact) mass is 267 g/mol. The summed E-state index contributed by atoms with van der Waals surface area (Å²) in [6.45, 7) is 2.99. The molecule has 2 aromatic rings. The van der Waals surface area contributed by atoms with Crippen molar-refractivity contribution in [3.8, 4) is 5.75 Å². The fourth-order valence-corrected chi connectivity index (χ4v) is 2.82. The summed E-state index contributed by atoms with van der Waals surface area (Å²) < 4.78 is 5.55. The number of benzene rings is 2. The first kappa shape index (κ1) is 13.2. The van der Waals surface area contributed by atoms with Gasteiger partial charge < -0.3 is 10.5 Å². The Balaban J connectivity index is 1.88. The first-order valence-electron chi connectivity index (χ1n) is 7.38. The van der Waals surface area contributed by atoms with Gasteiger partial charge in [-0.15, -0.1) is 0 Å². The minimum absolute atomic E-state index is 0.0577. The van der Waals surface area contributed by atoms with Gasteiger partial charge in [0.05, 0.1) is 12.6 Å². The first-order chi connectivity index (χ1) is 9.78. The van der Waals surface area contributed by atoms with Crippen molar-refractivity contribution in [1.82, 2.24) is 0 Å². The smallest absolute Gasteiger partial charge is 0.122 e. The van der Waals surface area contributed by atoms with Gasteiger partial charge in [0.25, 0.3) is 0 Å². The molecule has 0 aromatic heterocycles. The summed E-state index contributed by atoms with van der Waals surface area (Å²) in [5, 5.41) is 0. The molecule has 20 heavy (non-hydrogen) atoms. The highest BCUT2D eigenvalue weighted by Crippen LogP contribution is 2.29. The summed E-state index contributed by atoms with van der Waals surface area (Å²) in [6.07, 6.45) is 3.26. The maximum atomic E-state index is 6.43. The molecule has 0 fully saturated rings. The van der Waals surface area contributed by atoms with Crippen LogP contribution in [0.15, 0.2) is 42.5 Å². The third-order valence-electron chi connectivity index (χ3n) is 3.92. The molecule has 1 aliphatic rings. The van der Waals surface area contributed by atoms with Crippen molar-refractivity contribution in [2.24, 2.45) is 5.73 Å². The molecule has 1 unspecified atom stereocenters. The van der Waals surface area contributed by atoms with E-state index in [1.54, 1.807) is 0 Å². The number of fused-ring (bicyclic) bond motifs is 1. The van der Waals surface area contributed by atoms with Crippen molar-refractivity contribution in [1.29, 1.82) is 0 Å². The number of rotatable bonds is 4. The molecule has 0 bridgehead atoms. The molecule has 0 spiro atoms. The minimum Gasteiger partial charge on any atom is -0.493 e. The van der Waals surface area contributed by atoms with E-state index in [4.69, 9.17) is 10.5 Å². The predicted octanol–water partition coefficient (Wildman–Crippen LogP) is 3.62. The number of nitrogens with two attached hydrogens (primary N) is 1. The average Bonchev–Trinajstić information content (AvgIpc) is 2.94. The Morgan fingerprint density at radius 2 is 2.00 bits per heavy atom. The lowest BCUT2D eigenvalue weighted by Gasteiger charge is -2.15. The van der Waals surface area contributed by atoms with Crippen molar-refractivity contribution in [2.75, 3.05) is 6.61 Å². The molecule has 1 heterocycles. The molecule has 104 valence electrons. The van der Waals surface area contributed by atoms with Gasteiger partial charge in [0.2, 0.25) is 0 Å². The fourth-order valence-electron chi connectivity index (χ4n) is 2.82. The van der Waals surface area contributed by atoms with Gasteiger partial charge in [0, 0.05) is 6.42 Å². The maximum absolute atomic E-state index is 6.43. The molecular formula is C18H21NO. The van der Waals surface area contributed by atoms with Crippen LogP contribution in [-0.4, -0.2) is 6.61 Å². The predicted molar refractivity (Wildman–Crippen MR) is 82.1 cm³/mol. The second kappa shape index (κ2) is 5.68. The molecule has 0 aliphatic carbocycles. The first-order valence-corrected chi connectivity index (χ1v) is 7.38. The van der Waals surface area contributed by atoms with Crippen LogP contribution in [0.5, 0.6) is 5.75 Å². The Morgan fingerprint density at radius 1 is 1.15 bits per heavy atom. The molecule has 3 rings (SSSR count). The molecule has 2 aromatic carbocycles. The lowest BCUT2D eigenvalue weighted by atomic mass is 9.95. The normalized spacial score (nSPS) is 14.7. The van der Waals surface area contributed by atoms with E-state index in [-0.39, 0.29) is 6.04 Å². The van der Waals surface area contributed by atoms with E-state index in [9.17, 15) is 0 Å². The molecule has 2 nitrogen and oxygen atoms in total. The fraction of sp³-hybridized carbons (Fsp3) is 0.333. The minimum atomic E-state index is -0.0577. The highest BCUT2D eigenvalue weighted by atomic mass is 16.5. The lowest BCUT2D eigenvalue weighted by molar-refractivity contribution is 0.357. The second-order valence-corrected chi connectivity index (χ2v) is 5.44. The molecule has 1 aliphatic heterocycles. The van der Waals surface area contributed by atoms with E-state index in [0.29, 0.717) is 0 Å². The number of ether oxygens (including phenoxy) is 1. The topological polar surface area (TPSA) is 35.2 Å². The van der Waals surface area contributed by atoms with Crippen LogP contribution in [0.25, 0.3) is 0 Å². The van der Waals surface area contributed by atoms with Gasteiger partial charge in [0.1, 0.15) is 5.75 Å². The SMILES string of the molecule is CCCc1cccc(C(N)c2ccc3c(c2)CCO3)c1. The third kappa shape index (κ3) is 2.56. The van der Waals surface area contributed by atoms with Gasteiger partial charge >= 0.3 is 0 Å². The quantitative estimate of drug-likeness (QED) is 0.918. The van der Waals surface area contributed by atoms with Crippen LogP contribution < -0.4 is 10.5 Å². The molecule has 1 atom stereocenters. The largest absolute Gasteiger partial charge is 0.493 e. The van der Waals surface area contributed by atoms with Crippen molar-refractivity contribution < 1.29 is 4.74 Å². The van der Waals surface area contributed by atoms with Crippen molar-refractivity contribution in [3.05, 3.63) is 64.7 Å². The standard InChI is InChI=1S/C18H21NO/c1-2-4-13-5-3-6-15(11-13)18(19)16-7-8-17-14(12-16)9-10-20-17/h3,5-8,11-12,18H,2,4,9-10,19H2,1H3. The van der Waals surface area contributed by atoms with Crippen molar-refractivity contribution in [2.45, 2.75) is 32.2 Å². The summed E-state index contributed by atoms with van der Waals surface area (Å²) in [7, 11) is 0. The van der Waals surface area contributed by atoms with Crippen LogP contribution in [-0.2, 0) is 12.8 Å². The maximum Gasteiger partial charge on any atom is 0.122 e. The van der Waals surface area contributed by atoms with E-state index >= 15 is 0 Å². The summed E-state index contributed by atoms with van der Waals surface area (Å²) >= 11 is 0. The molecule has 0 amide bonds. The van der Waals surface area contributed by atoms with Crippen LogP contribution in [0.2, 0.25) is 0 Å². The second-order valence-electron chi connectivity index (χ2n) is 5.44. The lowest BCUT2D eigenvalue weighted by Crippen LogP contribution is -2.12. The molecule has 0 saturated heterocycles. The highest BCUT2D eigenvalue weighted by Gasteiger charge is 2.15. The van der Waals surface area contributed by atoms with Crippen LogP contribution in [0.4, 0.5) is 0 Å².